The number of nitrogens with two attached hydrogens (primary N) is 1. The smallest absolute Gasteiger partial charge is 0.167 e. The molecule has 1 unspecified atom stereocenters. The number of benzene rings is 1. The molecule has 4 nitrogen and oxygen atoms in total. The van der Waals surface area contributed by atoms with Gasteiger partial charge in [0.1, 0.15) is 5.75 Å². The maximum absolute atomic E-state index is 6.03. The Balaban J connectivity index is 2.21. The van der Waals surface area contributed by atoms with Gasteiger partial charge in [0.25, 0.3) is 0 Å². The number of rotatable bonds is 3. The topological polar surface area (TPSA) is 53.7 Å². The molecule has 0 amide bonds. The Morgan fingerprint density at radius 3 is 2.40 bits per heavy atom. The highest BCUT2D eigenvalue weighted by Gasteiger charge is 2.30. The van der Waals surface area contributed by atoms with Gasteiger partial charge >= 0.3 is 0 Å². The molecule has 20 heavy (non-hydrogen) atoms. The van der Waals surface area contributed by atoms with Crippen LogP contribution in [0.1, 0.15) is 36.5 Å². The van der Waals surface area contributed by atoms with E-state index in [1.807, 2.05) is 6.92 Å². The summed E-state index contributed by atoms with van der Waals surface area (Å²) in [5.74, 6) is 2.82. The molecule has 0 aliphatic carbocycles. The molecule has 3 rings (SSSR count). The second kappa shape index (κ2) is 5.52. The first-order valence-electron chi connectivity index (χ1n) is 7.48. The van der Waals surface area contributed by atoms with E-state index in [2.05, 4.69) is 0 Å². The van der Waals surface area contributed by atoms with Gasteiger partial charge in [-0.25, -0.2) is 0 Å². The summed E-state index contributed by atoms with van der Waals surface area (Å²) in [6.45, 7) is 3.58. The van der Waals surface area contributed by atoms with E-state index in [1.165, 1.54) is 11.1 Å². The highest BCUT2D eigenvalue weighted by Crippen LogP contribution is 2.48. The first-order valence-corrected chi connectivity index (χ1v) is 7.48. The summed E-state index contributed by atoms with van der Waals surface area (Å²) in [6.07, 6.45) is 4.91. The molecule has 0 spiro atoms. The number of hydrogen-bond donors (Lipinski definition) is 1. The van der Waals surface area contributed by atoms with Crippen molar-refractivity contribution in [3.8, 4) is 17.2 Å². The third-order valence-corrected chi connectivity index (χ3v) is 4.03. The maximum atomic E-state index is 6.03. The third kappa shape index (κ3) is 2.22. The lowest BCUT2D eigenvalue weighted by atomic mass is 9.89. The second-order valence-corrected chi connectivity index (χ2v) is 5.71. The van der Waals surface area contributed by atoms with Crippen molar-refractivity contribution >= 4 is 0 Å². The van der Waals surface area contributed by atoms with Crippen LogP contribution in [0.2, 0.25) is 0 Å². The number of ether oxygens (including phenoxy) is 3. The Bertz CT molecular complexity index is 474. The SMILES string of the molecule is COc1c2c(c(CC(C)N)c3c1OCCC3)OCCC2. The minimum absolute atomic E-state index is 0.115. The van der Waals surface area contributed by atoms with Crippen LogP contribution in [0.5, 0.6) is 17.2 Å². The summed E-state index contributed by atoms with van der Waals surface area (Å²) in [6, 6.07) is 0.115. The standard InChI is InChI=1S/C16H23NO3/c1-10(17)9-13-11-5-3-8-20-16(11)15(18-2)12-6-4-7-19-14(12)13/h10H,3-9,17H2,1-2H3. The first kappa shape index (κ1) is 13.6. The molecule has 0 saturated carbocycles. The van der Waals surface area contributed by atoms with Crippen LogP contribution in [0.15, 0.2) is 0 Å². The van der Waals surface area contributed by atoms with Crippen molar-refractivity contribution in [2.24, 2.45) is 5.73 Å². The highest BCUT2D eigenvalue weighted by atomic mass is 16.5. The molecular formula is C16H23NO3. The fourth-order valence-corrected chi connectivity index (χ4v) is 3.25. The lowest BCUT2D eigenvalue weighted by Crippen LogP contribution is -2.23. The molecule has 2 aliphatic heterocycles. The molecule has 2 heterocycles. The lowest BCUT2D eigenvalue weighted by molar-refractivity contribution is 0.250. The van der Waals surface area contributed by atoms with Crippen LogP contribution in [0.25, 0.3) is 0 Å². The lowest BCUT2D eigenvalue weighted by Gasteiger charge is -2.30. The number of methoxy groups -OCH3 is 1. The average molecular weight is 277 g/mol. The van der Waals surface area contributed by atoms with Crippen LogP contribution < -0.4 is 19.9 Å². The first-order chi connectivity index (χ1) is 9.72. The van der Waals surface area contributed by atoms with Gasteiger partial charge in [0.15, 0.2) is 11.5 Å². The van der Waals surface area contributed by atoms with Crippen LogP contribution >= 0.6 is 0 Å². The fourth-order valence-electron chi connectivity index (χ4n) is 3.25. The van der Waals surface area contributed by atoms with Crippen molar-refractivity contribution in [2.45, 2.75) is 45.1 Å². The molecule has 0 radical (unpaired) electrons. The van der Waals surface area contributed by atoms with Crippen molar-refractivity contribution in [3.63, 3.8) is 0 Å². The number of fused-ring (bicyclic) bond motifs is 2. The zero-order chi connectivity index (χ0) is 14.1. The minimum atomic E-state index is 0.115. The van der Waals surface area contributed by atoms with Crippen LogP contribution in [0.4, 0.5) is 0 Å². The Labute approximate surface area is 120 Å². The van der Waals surface area contributed by atoms with E-state index < -0.39 is 0 Å². The molecule has 0 bridgehead atoms. The van der Waals surface area contributed by atoms with Gasteiger partial charge in [-0.05, 0) is 39.0 Å². The van der Waals surface area contributed by atoms with Gasteiger partial charge in [-0.1, -0.05) is 0 Å². The zero-order valence-electron chi connectivity index (χ0n) is 12.3. The Kier molecular flexibility index (Phi) is 3.74. The van der Waals surface area contributed by atoms with E-state index in [-0.39, 0.29) is 6.04 Å². The van der Waals surface area contributed by atoms with Crippen molar-refractivity contribution in [1.82, 2.24) is 0 Å². The highest BCUT2D eigenvalue weighted by molar-refractivity contribution is 5.64. The van der Waals surface area contributed by atoms with E-state index in [1.54, 1.807) is 7.11 Å². The molecule has 4 heteroatoms. The van der Waals surface area contributed by atoms with E-state index in [0.717, 1.165) is 68.1 Å². The monoisotopic (exact) mass is 277 g/mol. The van der Waals surface area contributed by atoms with E-state index in [4.69, 9.17) is 19.9 Å². The zero-order valence-corrected chi connectivity index (χ0v) is 12.3. The molecule has 0 fully saturated rings. The van der Waals surface area contributed by atoms with Crippen LogP contribution in [0, 0.1) is 0 Å². The molecule has 0 aromatic heterocycles. The number of hydrogen-bond acceptors (Lipinski definition) is 4. The van der Waals surface area contributed by atoms with Gasteiger partial charge in [-0.3, -0.25) is 0 Å². The Morgan fingerprint density at radius 2 is 1.75 bits per heavy atom. The van der Waals surface area contributed by atoms with Crippen LogP contribution in [-0.2, 0) is 19.3 Å². The summed E-state index contributed by atoms with van der Waals surface area (Å²) in [4.78, 5) is 0. The minimum Gasteiger partial charge on any atom is -0.493 e. The summed E-state index contributed by atoms with van der Waals surface area (Å²) in [5, 5.41) is 0. The molecule has 2 aliphatic rings. The van der Waals surface area contributed by atoms with Crippen molar-refractivity contribution in [1.29, 1.82) is 0 Å². The molecule has 1 aromatic rings. The second-order valence-electron chi connectivity index (χ2n) is 5.71. The Morgan fingerprint density at radius 1 is 1.10 bits per heavy atom. The molecule has 1 aromatic carbocycles. The molecule has 0 saturated heterocycles. The predicted octanol–water partition coefficient (Wildman–Crippen LogP) is 2.23. The predicted molar refractivity (Wildman–Crippen MR) is 78.0 cm³/mol. The summed E-state index contributed by atoms with van der Waals surface area (Å²) in [5.41, 5.74) is 9.68. The third-order valence-electron chi connectivity index (χ3n) is 4.03. The largest absolute Gasteiger partial charge is 0.493 e. The van der Waals surface area contributed by atoms with Crippen molar-refractivity contribution in [3.05, 3.63) is 16.7 Å². The molecule has 110 valence electrons. The van der Waals surface area contributed by atoms with Crippen molar-refractivity contribution in [2.75, 3.05) is 20.3 Å². The Hall–Kier alpha value is -1.42. The normalized spacial score (nSPS) is 18.4. The maximum Gasteiger partial charge on any atom is 0.167 e. The quantitative estimate of drug-likeness (QED) is 0.920. The van der Waals surface area contributed by atoms with Gasteiger partial charge in [-0.15, -0.1) is 0 Å². The fraction of sp³-hybridized carbons (Fsp3) is 0.625. The van der Waals surface area contributed by atoms with Gasteiger partial charge in [0, 0.05) is 22.7 Å². The molecule has 1 atom stereocenters. The van der Waals surface area contributed by atoms with Crippen LogP contribution in [-0.4, -0.2) is 26.4 Å². The van der Waals surface area contributed by atoms with E-state index in [9.17, 15) is 0 Å². The van der Waals surface area contributed by atoms with E-state index in [0.29, 0.717) is 0 Å². The van der Waals surface area contributed by atoms with E-state index >= 15 is 0 Å². The van der Waals surface area contributed by atoms with Gasteiger partial charge in [0.05, 0.1) is 20.3 Å². The molecular weight excluding hydrogens is 254 g/mol. The summed E-state index contributed by atoms with van der Waals surface area (Å²) >= 11 is 0. The van der Waals surface area contributed by atoms with Gasteiger partial charge in [0.2, 0.25) is 0 Å². The average Bonchev–Trinajstić information content (AvgIpc) is 2.47. The summed E-state index contributed by atoms with van der Waals surface area (Å²) in [7, 11) is 1.72. The van der Waals surface area contributed by atoms with Gasteiger partial charge < -0.3 is 19.9 Å². The van der Waals surface area contributed by atoms with Crippen LogP contribution in [0.3, 0.4) is 0 Å². The summed E-state index contributed by atoms with van der Waals surface area (Å²) < 4.78 is 17.5. The molecule has 2 N–H and O–H groups in total. The van der Waals surface area contributed by atoms with Gasteiger partial charge in [-0.2, -0.15) is 0 Å². The van der Waals surface area contributed by atoms with Crippen molar-refractivity contribution < 1.29 is 14.2 Å².